The number of amides is 1. The van der Waals surface area contributed by atoms with Crippen molar-refractivity contribution in [3.05, 3.63) is 65.0 Å². The number of methoxy groups -OCH3 is 1. The van der Waals surface area contributed by atoms with Crippen molar-refractivity contribution >= 4 is 40.0 Å². The van der Waals surface area contributed by atoms with E-state index in [1.54, 1.807) is 52.0 Å². The van der Waals surface area contributed by atoms with E-state index >= 15 is 0 Å². The maximum absolute atomic E-state index is 12.5. The Kier molecular flexibility index (Phi) is 8.81. The molecule has 0 atom stereocenters. The van der Waals surface area contributed by atoms with Crippen LogP contribution in [0.2, 0.25) is 0 Å². The molecule has 0 unspecified atom stereocenters. The zero-order valence-electron chi connectivity index (χ0n) is 24.8. The van der Waals surface area contributed by atoms with Crippen molar-refractivity contribution in [3.63, 3.8) is 0 Å². The number of likely N-dealkylation sites (N-methyl/N-ethyl adjacent to an activating group) is 1. The molecule has 13 nitrogen and oxygen atoms in total. The zero-order valence-corrected chi connectivity index (χ0v) is 24.8. The van der Waals surface area contributed by atoms with Crippen LogP contribution in [0.15, 0.2) is 54.9 Å². The van der Waals surface area contributed by atoms with Gasteiger partial charge in [0, 0.05) is 68.7 Å². The monoisotopic (exact) mass is 576 g/mol. The topological polar surface area (TPSA) is 140 Å². The molecule has 0 aliphatic rings. The minimum Gasteiger partial charge on any atom is -0.494 e. The second-order valence-electron chi connectivity index (χ2n) is 10.6. The Morgan fingerprint density at radius 3 is 2.57 bits per heavy atom. The predicted octanol–water partition coefficient (Wildman–Crippen LogP) is 5.10. The molecule has 0 aliphatic carbocycles. The van der Waals surface area contributed by atoms with Gasteiger partial charge >= 0.3 is 6.09 Å². The van der Waals surface area contributed by atoms with Crippen molar-refractivity contribution in [2.75, 3.05) is 44.5 Å². The SMILES string of the molecule is CNN(CCN(C)c1cc(OC)c(Nc2nccc(-c3cn(C)c4ccccc34)n2)cc1[N+](=O)[O-])C(=O)OC(C)(C)C. The van der Waals surface area contributed by atoms with Crippen molar-refractivity contribution in [2.24, 2.45) is 7.05 Å². The number of hydrazine groups is 1. The normalized spacial score (nSPS) is 11.3. The lowest BCUT2D eigenvalue weighted by Crippen LogP contribution is -2.47. The summed E-state index contributed by atoms with van der Waals surface area (Å²) in [4.78, 5) is 34.8. The molecule has 0 aliphatic heterocycles. The number of fused-ring (bicyclic) bond motifs is 1. The van der Waals surface area contributed by atoms with E-state index in [1.165, 1.54) is 18.2 Å². The standard InChI is InChI=1S/C29H36N8O5/c1-29(2,3)42-28(38)36(30-4)15-14-34(5)24-17-26(41-7)22(16-25(24)37(39)40)33-27-31-13-12-21(32-27)20-18-35(6)23-11-9-8-10-19(20)23/h8-13,16-18,30H,14-15H2,1-7H3,(H,31,32,33). The fourth-order valence-corrected chi connectivity index (χ4v) is 4.49. The fraction of sp³-hybridized carbons (Fsp3) is 0.345. The molecule has 2 N–H and O–H groups in total. The maximum atomic E-state index is 12.5. The summed E-state index contributed by atoms with van der Waals surface area (Å²) in [6, 6.07) is 12.8. The van der Waals surface area contributed by atoms with Crippen molar-refractivity contribution in [1.82, 2.24) is 25.0 Å². The molecule has 0 bridgehead atoms. The lowest BCUT2D eigenvalue weighted by molar-refractivity contribution is -0.384. The van der Waals surface area contributed by atoms with E-state index in [9.17, 15) is 14.9 Å². The number of nitrogens with one attached hydrogen (secondary N) is 2. The van der Waals surface area contributed by atoms with E-state index in [1.807, 2.05) is 48.1 Å². The first-order valence-corrected chi connectivity index (χ1v) is 13.3. The molecule has 1 amide bonds. The van der Waals surface area contributed by atoms with Crippen LogP contribution in [0, 0.1) is 10.1 Å². The van der Waals surface area contributed by atoms with E-state index < -0.39 is 16.6 Å². The molecule has 222 valence electrons. The van der Waals surface area contributed by atoms with Crippen molar-refractivity contribution in [3.8, 4) is 17.0 Å². The minimum absolute atomic E-state index is 0.153. The fourth-order valence-electron chi connectivity index (χ4n) is 4.49. The molecule has 4 aromatic rings. The zero-order chi connectivity index (χ0) is 30.6. The first-order chi connectivity index (χ1) is 19.9. The predicted molar refractivity (Wildman–Crippen MR) is 162 cm³/mol. The second kappa shape index (κ2) is 12.3. The van der Waals surface area contributed by atoms with Gasteiger partial charge in [-0.3, -0.25) is 10.1 Å². The summed E-state index contributed by atoms with van der Waals surface area (Å²) in [7, 11) is 6.76. The van der Waals surface area contributed by atoms with Gasteiger partial charge in [-0.1, -0.05) is 18.2 Å². The quantitative estimate of drug-likeness (QED) is 0.193. The first-order valence-electron chi connectivity index (χ1n) is 13.3. The Labute approximate surface area is 244 Å². The molecular formula is C29H36N8O5. The molecule has 2 aromatic heterocycles. The molecule has 4 rings (SSSR count). The molecule has 42 heavy (non-hydrogen) atoms. The highest BCUT2D eigenvalue weighted by atomic mass is 16.6. The number of carbonyl (C=O) groups is 1. The average Bonchev–Trinajstić information content (AvgIpc) is 3.28. The number of rotatable bonds is 10. The number of para-hydroxylation sites is 1. The Balaban J connectivity index is 1.59. The lowest BCUT2D eigenvalue weighted by Gasteiger charge is -2.28. The number of aromatic nitrogens is 3. The highest BCUT2D eigenvalue weighted by Gasteiger charge is 2.25. The number of nitro groups is 1. The van der Waals surface area contributed by atoms with E-state index in [0.29, 0.717) is 22.8 Å². The van der Waals surface area contributed by atoms with Gasteiger partial charge in [-0.15, -0.1) is 0 Å². The summed E-state index contributed by atoms with van der Waals surface area (Å²) < 4.78 is 13.0. The van der Waals surface area contributed by atoms with Gasteiger partial charge in [-0.05, 0) is 32.9 Å². The third-order valence-electron chi connectivity index (χ3n) is 6.52. The summed E-state index contributed by atoms with van der Waals surface area (Å²) in [6.07, 6.45) is 3.09. The number of carbonyl (C=O) groups excluding carboxylic acids is 1. The number of nitrogens with zero attached hydrogens (tertiary/aromatic N) is 6. The van der Waals surface area contributed by atoms with Crippen LogP contribution >= 0.6 is 0 Å². The van der Waals surface area contributed by atoms with Crippen LogP contribution in [0.25, 0.3) is 22.2 Å². The van der Waals surface area contributed by atoms with E-state index in [2.05, 4.69) is 20.7 Å². The van der Waals surface area contributed by atoms with Crippen molar-refractivity contribution in [2.45, 2.75) is 26.4 Å². The van der Waals surface area contributed by atoms with Gasteiger partial charge in [0.25, 0.3) is 5.69 Å². The summed E-state index contributed by atoms with van der Waals surface area (Å²) in [5.41, 5.74) is 5.35. The molecule has 0 radical (unpaired) electrons. The summed E-state index contributed by atoms with van der Waals surface area (Å²) in [6.45, 7) is 5.81. The molecule has 0 saturated carbocycles. The summed E-state index contributed by atoms with van der Waals surface area (Å²) in [5, 5.41) is 17.6. The number of aryl methyl sites for hydroxylation is 1. The van der Waals surface area contributed by atoms with Crippen LogP contribution in [-0.2, 0) is 11.8 Å². The van der Waals surface area contributed by atoms with Gasteiger partial charge in [0.1, 0.15) is 17.0 Å². The van der Waals surface area contributed by atoms with Gasteiger partial charge in [0.15, 0.2) is 0 Å². The largest absolute Gasteiger partial charge is 0.494 e. The van der Waals surface area contributed by atoms with Gasteiger partial charge in [0.2, 0.25) is 5.95 Å². The van der Waals surface area contributed by atoms with Crippen LogP contribution in [-0.4, -0.2) is 70.5 Å². The van der Waals surface area contributed by atoms with Crippen LogP contribution < -0.4 is 20.4 Å². The lowest BCUT2D eigenvalue weighted by atomic mass is 10.1. The Hall–Kier alpha value is -4.91. The maximum Gasteiger partial charge on any atom is 0.424 e. The van der Waals surface area contributed by atoms with Crippen molar-refractivity contribution < 1.29 is 19.2 Å². The number of nitro benzene ring substituents is 1. The molecule has 2 heterocycles. The molecule has 0 spiro atoms. The summed E-state index contributed by atoms with van der Waals surface area (Å²) >= 11 is 0. The smallest absolute Gasteiger partial charge is 0.424 e. The minimum atomic E-state index is -0.662. The van der Waals surface area contributed by atoms with Crippen LogP contribution in [0.4, 0.5) is 27.8 Å². The van der Waals surface area contributed by atoms with Gasteiger partial charge in [-0.2, -0.15) is 0 Å². The number of anilines is 3. The van der Waals surface area contributed by atoms with Gasteiger partial charge in [0.05, 0.1) is 30.0 Å². The third kappa shape index (κ3) is 6.69. The van der Waals surface area contributed by atoms with Crippen LogP contribution in [0.5, 0.6) is 5.75 Å². The van der Waals surface area contributed by atoms with Gasteiger partial charge in [-0.25, -0.2) is 25.2 Å². The molecule has 0 fully saturated rings. The van der Waals surface area contributed by atoms with Crippen molar-refractivity contribution in [1.29, 1.82) is 0 Å². The molecule has 13 heteroatoms. The van der Waals surface area contributed by atoms with Gasteiger partial charge < -0.3 is 24.3 Å². The number of hydrogen-bond donors (Lipinski definition) is 2. The third-order valence-corrected chi connectivity index (χ3v) is 6.52. The Morgan fingerprint density at radius 1 is 1.17 bits per heavy atom. The number of ether oxygens (including phenoxy) is 2. The van der Waals surface area contributed by atoms with Crippen LogP contribution in [0.1, 0.15) is 20.8 Å². The Bertz CT molecular complexity index is 1600. The average molecular weight is 577 g/mol. The van der Waals surface area contributed by atoms with E-state index in [4.69, 9.17) is 9.47 Å². The number of hydrogen-bond acceptors (Lipinski definition) is 10. The van der Waals surface area contributed by atoms with Crippen LogP contribution in [0.3, 0.4) is 0 Å². The van der Waals surface area contributed by atoms with E-state index in [-0.39, 0.29) is 24.7 Å². The molecule has 2 aromatic carbocycles. The highest BCUT2D eigenvalue weighted by Crippen LogP contribution is 2.39. The van der Waals surface area contributed by atoms with E-state index in [0.717, 1.165) is 16.5 Å². The molecular weight excluding hydrogens is 540 g/mol. The molecule has 0 saturated heterocycles. The second-order valence-corrected chi connectivity index (χ2v) is 10.6. The Morgan fingerprint density at radius 2 is 1.90 bits per heavy atom. The summed E-state index contributed by atoms with van der Waals surface area (Å²) in [5.74, 6) is 0.621. The first kappa shape index (κ1) is 30.1. The highest BCUT2D eigenvalue weighted by molar-refractivity contribution is 5.95. The number of benzene rings is 2.